The molecule has 0 atom stereocenters. The third-order valence-electron chi connectivity index (χ3n) is 2.65. The van der Waals surface area contributed by atoms with Crippen LogP contribution in [0.25, 0.3) is 10.8 Å². The number of fused-ring (bicyclic) bond motifs is 1. The van der Waals surface area contributed by atoms with Gasteiger partial charge in [-0.25, -0.2) is 4.98 Å². The normalized spacial score (nSPS) is 10.7. The molecule has 1 aromatic heterocycles. The van der Waals surface area contributed by atoms with Crippen LogP contribution < -0.4 is 5.32 Å². The molecule has 0 aliphatic heterocycles. The Morgan fingerprint density at radius 3 is 2.76 bits per heavy atom. The molecule has 4 nitrogen and oxygen atoms in total. The smallest absolute Gasteiger partial charge is 0.133 e. The number of hydrogen-bond donors (Lipinski definition) is 2. The lowest BCUT2D eigenvalue weighted by Crippen LogP contribution is -2.09. The number of methoxy groups -OCH3 is 1. The molecule has 0 saturated carbocycles. The summed E-state index contributed by atoms with van der Waals surface area (Å²) in [5, 5.41) is 14.5. The number of aliphatic hydroxyl groups is 1. The molecule has 1 heterocycles. The fraction of sp³-hybridized carbons (Fsp3) is 0.308. The number of aliphatic hydroxyl groups excluding tert-OH is 1. The van der Waals surface area contributed by atoms with Gasteiger partial charge in [0, 0.05) is 30.8 Å². The van der Waals surface area contributed by atoms with Crippen LogP contribution in [-0.2, 0) is 11.3 Å². The summed E-state index contributed by atoms with van der Waals surface area (Å²) in [6.45, 7) is 1.36. The molecule has 0 spiro atoms. The van der Waals surface area contributed by atoms with Gasteiger partial charge in [-0.15, -0.1) is 0 Å². The van der Waals surface area contributed by atoms with Crippen molar-refractivity contribution in [1.82, 2.24) is 4.98 Å². The highest BCUT2D eigenvalue weighted by atomic mass is 16.5. The summed E-state index contributed by atoms with van der Waals surface area (Å²) in [4.78, 5) is 4.32. The number of pyridine rings is 1. The first-order valence-electron chi connectivity index (χ1n) is 5.57. The molecule has 0 unspecified atom stereocenters. The zero-order valence-electron chi connectivity index (χ0n) is 9.81. The minimum atomic E-state index is 0.00582. The maximum absolute atomic E-state index is 9.26. The summed E-state index contributed by atoms with van der Waals surface area (Å²) in [5.41, 5.74) is 0.845. The Hall–Kier alpha value is -1.65. The molecule has 1 aromatic carbocycles. The summed E-state index contributed by atoms with van der Waals surface area (Å²) < 4.78 is 4.99. The summed E-state index contributed by atoms with van der Waals surface area (Å²) >= 11 is 0. The molecular formula is C13H16N2O2. The lowest BCUT2D eigenvalue weighted by Gasteiger charge is -2.10. The van der Waals surface area contributed by atoms with Crippen LogP contribution >= 0.6 is 0 Å². The molecule has 0 saturated heterocycles. The second-order valence-corrected chi connectivity index (χ2v) is 3.76. The zero-order valence-corrected chi connectivity index (χ0v) is 9.81. The SMILES string of the molecule is COCCNc1ncc(CO)c2ccccc12. The Bertz CT molecular complexity index is 500. The number of anilines is 1. The number of aromatic nitrogens is 1. The van der Waals surface area contributed by atoms with Crippen molar-refractivity contribution in [2.45, 2.75) is 6.61 Å². The number of nitrogens with zero attached hydrogens (tertiary/aromatic N) is 1. The Morgan fingerprint density at radius 1 is 1.29 bits per heavy atom. The Labute approximate surface area is 100 Å². The van der Waals surface area contributed by atoms with Crippen molar-refractivity contribution in [3.05, 3.63) is 36.0 Å². The number of benzene rings is 1. The fourth-order valence-corrected chi connectivity index (χ4v) is 1.79. The van der Waals surface area contributed by atoms with Gasteiger partial charge in [0.1, 0.15) is 5.82 Å². The van der Waals surface area contributed by atoms with Crippen molar-refractivity contribution >= 4 is 16.6 Å². The largest absolute Gasteiger partial charge is 0.392 e. The van der Waals surface area contributed by atoms with E-state index in [1.165, 1.54) is 0 Å². The summed E-state index contributed by atoms with van der Waals surface area (Å²) in [7, 11) is 1.67. The van der Waals surface area contributed by atoms with Gasteiger partial charge in [0.05, 0.1) is 13.2 Å². The molecule has 0 radical (unpaired) electrons. The molecule has 0 amide bonds. The third-order valence-corrected chi connectivity index (χ3v) is 2.65. The van der Waals surface area contributed by atoms with Crippen LogP contribution in [0.1, 0.15) is 5.56 Å². The molecule has 4 heteroatoms. The standard InChI is InChI=1S/C13H16N2O2/c1-17-7-6-14-13-12-5-3-2-4-11(12)10(9-16)8-15-13/h2-5,8,16H,6-7,9H2,1H3,(H,14,15). The Balaban J connectivity index is 2.37. The second-order valence-electron chi connectivity index (χ2n) is 3.76. The summed E-state index contributed by atoms with van der Waals surface area (Å²) in [5.74, 6) is 0.829. The van der Waals surface area contributed by atoms with Crippen LogP contribution in [0.2, 0.25) is 0 Å². The van der Waals surface area contributed by atoms with E-state index in [2.05, 4.69) is 10.3 Å². The Kier molecular flexibility index (Phi) is 3.90. The molecular weight excluding hydrogens is 216 g/mol. The van der Waals surface area contributed by atoms with Crippen LogP contribution in [0.15, 0.2) is 30.5 Å². The van der Waals surface area contributed by atoms with E-state index in [1.807, 2.05) is 24.3 Å². The number of nitrogens with one attached hydrogen (secondary N) is 1. The van der Waals surface area contributed by atoms with Gasteiger partial charge in [0.2, 0.25) is 0 Å². The molecule has 2 rings (SSSR count). The van der Waals surface area contributed by atoms with Crippen molar-refractivity contribution in [3.8, 4) is 0 Å². The molecule has 2 N–H and O–H groups in total. The second kappa shape index (κ2) is 5.61. The van der Waals surface area contributed by atoms with E-state index in [-0.39, 0.29) is 6.61 Å². The maximum Gasteiger partial charge on any atom is 0.133 e. The van der Waals surface area contributed by atoms with Gasteiger partial charge in [0.25, 0.3) is 0 Å². The van der Waals surface area contributed by atoms with Gasteiger partial charge in [-0.05, 0) is 5.39 Å². The highest BCUT2D eigenvalue weighted by Crippen LogP contribution is 2.24. The lowest BCUT2D eigenvalue weighted by atomic mass is 10.1. The van der Waals surface area contributed by atoms with E-state index in [1.54, 1.807) is 13.3 Å². The molecule has 0 aliphatic carbocycles. The molecule has 17 heavy (non-hydrogen) atoms. The maximum atomic E-state index is 9.26. The first-order chi connectivity index (χ1) is 8.36. The highest BCUT2D eigenvalue weighted by molar-refractivity contribution is 5.93. The van der Waals surface area contributed by atoms with E-state index < -0.39 is 0 Å². The quantitative estimate of drug-likeness (QED) is 0.772. The van der Waals surface area contributed by atoms with Gasteiger partial charge in [-0.3, -0.25) is 0 Å². The van der Waals surface area contributed by atoms with E-state index >= 15 is 0 Å². The first-order valence-corrected chi connectivity index (χ1v) is 5.57. The monoisotopic (exact) mass is 232 g/mol. The van der Waals surface area contributed by atoms with Crippen LogP contribution in [0, 0.1) is 0 Å². The van der Waals surface area contributed by atoms with E-state index in [4.69, 9.17) is 4.74 Å². The predicted octanol–water partition coefficient (Wildman–Crippen LogP) is 1.79. The van der Waals surface area contributed by atoms with Gasteiger partial charge < -0.3 is 15.2 Å². The molecule has 0 bridgehead atoms. The van der Waals surface area contributed by atoms with Gasteiger partial charge >= 0.3 is 0 Å². The fourth-order valence-electron chi connectivity index (χ4n) is 1.79. The van der Waals surface area contributed by atoms with Crippen LogP contribution in [0.4, 0.5) is 5.82 Å². The van der Waals surface area contributed by atoms with Crippen LogP contribution in [0.3, 0.4) is 0 Å². The van der Waals surface area contributed by atoms with Crippen molar-refractivity contribution < 1.29 is 9.84 Å². The topological polar surface area (TPSA) is 54.4 Å². The van der Waals surface area contributed by atoms with E-state index in [0.717, 1.165) is 22.2 Å². The lowest BCUT2D eigenvalue weighted by molar-refractivity contribution is 0.210. The van der Waals surface area contributed by atoms with Crippen molar-refractivity contribution in [2.24, 2.45) is 0 Å². The summed E-state index contributed by atoms with van der Waals surface area (Å²) in [6.07, 6.45) is 1.71. The summed E-state index contributed by atoms with van der Waals surface area (Å²) in [6, 6.07) is 7.91. The minimum Gasteiger partial charge on any atom is -0.392 e. The number of hydrogen-bond acceptors (Lipinski definition) is 4. The molecule has 2 aromatic rings. The van der Waals surface area contributed by atoms with Crippen LogP contribution in [-0.4, -0.2) is 30.4 Å². The van der Waals surface area contributed by atoms with E-state index in [0.29, 0.717) is 13.2 Å². The number of ether oxygens (including phenoxy) is 1. The van der Waals surface area contributed by atoms with Crippen molar-refractivity contribution in [2.75, 3.05) is 25.6 Å². The van der Waals surface area contributed by atoms with Crippen molar-refractivity contribution in [1.29, 1.82) is 0 Å². The Morgan fingerprint density at radius 2 is 2.06 bits per heavy atom. The van der Waals surface area contributed by atoms with Crippen LogP contribution in [0.5, 0.6) is 0 Å². The first kappa shape index (κ1) is 11.8. The van der Waals surface area contributed by atoms with Gasteiger partial charge in [0.15, 0.2) is 0 Å². The molecule has 0 aliphatic rings. The average Bonchev–Trinajstić information content (AvgIpc) is 2.39. The van der Waals surface area contributed by atoms with Gasteiger partial charge in [-0.1, -0.05) is 24.3 Å². The molecule has 0 fully saturated rings. The van der Waals surface area contributed by atoms with Crippen molar-refractivity contribution in [3.63, 3.8) is 0 Å². The predicted molar refractivity (Wildman–Crippen MR) is 68.0 cm³/mol. The average molecular weight is 232 g/mol. The third kappa shape index (κ3) is 2.54. The minimum absolute atomic E-state index is 0.00582. The molecule has 90 valence electrons. The number of rotatable bonds is 5. The van der Waals surface area contributed by atoms with Gasteiger partial charge in [-0.2, -0.15) is 0 Å². The zero-order chi connectivity index (χ0) is 12.1. The van der Waals surface area contributed by atoms with E-state index in [9.17, 15) is 5.11 Å². The highest BCUT2D eigenvalue weighted by Gasteiger charge is 2.05.